The van der Waals surface area contributed by atoms with E-state index in [9.17, 15) is 0 Å². The summed E-state index contributed by atoms with van der Waals surface area (Å²) < 4.78 is 5.74. The summed E-state index contributed by atoms with van der Waals surface area (Å²) in [6, 6.07) is 0. The van der Waals surface area contributed by atoms with Crippen molar-refractivity contribution in [1.29, 1.82) is 0 Å². The molecule has 0 saturated heterocycles. The number of nitrogens with zero attached hydrogens (tertiary/aromatic N) is 2. The van der Waals surface area contributed by atoms with Gasteiger partial charge in [0.05, 0.1) is 5.39 Å². The lowest BCUT2D eigenvalue weighted by Gasteiger charge is -2.15. The van der Waals surface area contributed by atoms with E-state index in [0.717, 1.165) is 41.1 Å². The quantitative estimate of drug-likeness (QED) is 0.654. The highest BCUT2D eigenvalue weighted by atomic mass is 32.1. The lowest BCUT2D eigenvalue weighted by molar-refractivity contribution is 0.0538. The number of hydrogen-bond acceptors (Lipinski definition) is 6. The molecule has 0 amide bonds. The second kappa shape index (κ2) is 6.25. The molecule has 2 aromatic rings. The van der Waals surface area contributed by atoms with Gasteiger partial charge in [-0.3, -0.25) is 0 Å². The number of rotatable bonds is 5. The number of anilines is 1. The van der Waals surface area contributed by atoms with Crippen LogP contribution in [0, 0.1) is 0 Å². The monoisotopic (exact) mass is 306 g/mol. The molecule has 1 aliphatic carbocycles. The Bertz CT molecular complexity index is 640. The van der Waals surface area contributed by atoms with Crippen LogP contribution >= 0.6 is 11.3 Å². The molecule has 3 rings (SSSR count). The Morgan fingerprint density at radius 1 is 1.29 bits per heavy atom. The Hall–Kier alpha value is -1.24. The minimum atomic E-state index is -0.0642. The molecule has 1 aliphatic rings. The van der Waals surface area contributed by atoms with Gasteiger partial charge in [-0.25, -0.2) is 15.8 Å². The van der Waals surface area contributed by atoms with Gasteiger partial charge in [0.25, 0.3) is 0 Å². The number of ether oxygens (including phenoxy) is 1. The molecule has 0 aromatic carbocycles. The summed E-state index contributed by atoms with van der Waals surface area (Å²) in [6.07, 6.45) is 5.55. The van der Waals surface area contributed by atoms with Crippen LogP contribution in [0.4, 0.5) is 5.82 Å². The first-order chi connectivity index (χ1) is 10.3. The van der Waals surface area contributed by atoms with E-state index in [0.29, 0.717) is 6.61 Å². The average molecular weight is 306 g/mol. The number of hydrogen-bond donors (Lipinski definition) is 2. The fourth-order valence-electron chi connectivity index (χ4n) is 3.00. The van der Waals surface area contributed by atoms with Crippen molar-refractivity contribution in [2.24, 2.45) is 5.84 Å². The molecular formula is C15H22N4OS. The zero-order valence-corrected chi connectivity index (χ0v) is 13.4. The number of nitrogens with two attached hydrogens (primary N) is 1. The van der Waals surface area contributed by atoms with Crippen LogP contribution in [0.3, 0.4) is 0 Å². The maximum atomic E-state index is 5.74. The van der Waals surface area contributed by atoms with Gasteiger partial charge in [0.15, 0.2) is 11.6 Å². The van der Waals surface area contributed by atoms with Crippen molar-refractivity contribution in [3.8, 4) is 0 Å². The molecule has 6 heteroatoms. The topological polar surface area (TPSA) is 73.1 Å². The van der Waals surface area contributed by atoms with Crippen molar-refractivity contribution < 1.29 is 4.74 Å². The van der Waals surface area contributed by atoms with Gasteiger partial charge in [0.1, 0.15) is 10.9 Å². The van der Waals surface area contributed by atoms with Gasteiger partial charge in [0.2, 0.25) is 0 Å². The Kier molecular flexibility index (Phi) is 4.37. The zero-order chi connectivity index (χ0) is 14.8. The molecule has 21 heavy (non-hydrogen) atoms. The summed E-state index contributed by atoms with van der Waals surface area (Å²) in [5.41, 5.74) is 4.16. The van der Waals surface area contributed by atoms with Gasteiger partial charge in [-0.2, -0.15) is 0 Å². The van der Waals surface area contributed by atoms with E-state index < -0.39 is 0 Å². The van der Waals surface area contributed by atoms with Crippen molar-refractivity contribution in [2.45, 2.75) is 52.1 Å². The minimum absolute atomic E-state index is 0.0642. The van der Waals surface area contributed by atoms with E-state index in [4.69, 9.17) is 15.6 Å². The van der Waals surface area contributed by atoms with Crippen molar-refractivity contribution in [3.63, 3.8) is 0 Å². The Morgan fingerprint density at radius 2 is 2.10 bits per heavy atom. The summed E-state index contributed by atoms with van der Waals surface area (Å²) in [6.45, 7) is 4.74. The first kappa shape index (κ1) is 14.7. The first-order valence-corrected chi connectivity index (χ1v) is 8.50. The van der Waals surface area contributed by atoms with Crippen LogP contribution in [0.5, 0.6) is 0 Å². The third kappa shape index (κ3) is 2.63. The first-order valence-electron chi connectivity index (χ1n) is 7.68. The van der Waals surface area contributed by atoms with Crippen LogP contribution < -0.4 is 11.3 Å². The van der Waals surface area contributed by atoms with Crippen LogP contribution in [0.15, 0.2) is 0 Å². The van der Waals surface area contributed by atoms with Gasteiger partial charge in [0, 0.05) is 11.5 Å². The molecule has 1 unspecified atom stereocenters. The number of aryl methyl sites for hydroxylation is 2. The normalized spacial score (nSPS) is 16.0. The van der Waals surface area contributed by atoms with Crippen LogP contribution in [0.25, 0.3) is 10.2 Å². The Labute approximate surface area is 128 Å². The third-order valence-electron chi connectivity index (χ3n) is 4.00. The second-order valence-corrected chi connectivity index (χ2v) is 6.40. The van der Waals surface area contributed by atoms with E-state index in [1.165, 1.54) is 23.3 Å². The molecule has 0 bridgehead atoms. The smallest absolute Gasteiger partial charge is 0.161 e. The SMILES string of the molecule is CCOC(CC)c1nc(NN)c2c3c(sc2n1)CCCC3. The molecule has 5 nitrogen and oxygen atoms in total. The van der Waals surface area contributed by atoms with Gasteiger partial charge in [-0.05, 0) is 44.6 Å². The van der Waals surface area contributed by atoms with E-state index in [1.54, 1.807) is 11.3 Å². The van der Waals surface area contributed by atoms with Crippen LogP contribution in [-0.4, -0.2) is 16.6 Å². The second-order valence-electron chi connectivity index (χ2n) is 5.32. The summed E-state index contributed by atoms with van der Waals surface area (Å²) >= 11 is 1.79. The van der Waals surface area contributed by atoms with E-state index >= 15 is 0 Å². The molecule has 0 radical (unpaired) electrons. The number of nitrogens with one attached hydrogen (secondary N) is 1. The van der Waals surface area contributed by atoms with Gasteiger partial charge >= 0.3 is 0 Å². The van der Waals surface area contributed by atoms with E-state index in [1.807, 2.05) is 6.92 Å². The van der Waals surface area contributed by atoms with Crippen LogP contribution in [-0.2, 0) is 17.6 Å². The Balaban J connectivity index is 2.13. The predicted octanol–water partition coefficient (Wildman–Crippen LogP) is 3.34. The largest absolute Gasteiger partial charge is 0.371 e. The molecule has 2 heterocycles. The molecule has 114 valence electrons. The highest BCUT2D eigenvalue weighted by Gasteiger charge is 2.23. The van der Waals surface area contributed by atoms with E-state index in [-0.39, 0.29) is 6.10 Å². The average Bonchev–Trinajstić information content (AvgIpc) is 2.90. The third-order valence-corrected chi connectivity index (χ3v) is 5.18. The van der Waals surface area contributed by atoms with Crippen molar-refractivity contribution in [3.05, 3.63) is 16.3 Å². The van der Waals surface area contributed by atoms with Gasteiger partial charge < -0.3 is 10.2 Å². The van der Waals surface area contributed by atoms with E-state index in [2.05, 4.69) is 17.3 Å². The van der Waals surface area contributed by atoms with Crippen LogP contribution in [0.1, 0.15) is 55.5 Å². The summed E-state index contributed by atoms with van der Waals surface area (Å²) in [5.74, 6) is 7.19. The fraction of sp³-hybridized carbons (Fsp3) is 0.600. The fourth-order valence-corrected chi connectivity index (χ4v) is 4.27. The standard InChI is InChI=1S/C15H22N4OS/c1-3-10(20-4-2)13-17-14(19-16)12-9-7-5-6-8-11(9)21-15(12)18-13/h10H,3-8,16H2,1-2H3,(H,17,18,19). The highest BCUT2D eigenvalue weighted by molar-refractivity contribution is 7.19. The van der Waals surface area contributed by atoms with Crippen LogP contribution in [0.2, 0.25) is 0 Å². The molecule has 1 atom stereocenters. The molecule has 2 aromatic heterocycles. The number of nitrogen functional groups attached to an aromatic ring is 1. The maximum Gasteiger partial charge on any atom is 0.161 e. The number of fused-ring (bicyclic) bond motifs is 3. The molecule has 0 aliphatic heterocycles. The predicted molar refractivity (Wildman–Crippen MR) is 86.5 cm³/mol. The zero-order valence-electron chi connectivity index (χ0n) is 12.6. The molecule has 0 saturated carbocycles. The number of hydrazine groups is 1. The highest BCUT2D eigenvalue weighted by Crippen LogP contribution is 2.39. The number of aromatic nitrogens is 2. The number of thiophene rings is 1. The van der Waals surface area contributed by atoms with Gasteiger partial charge in [-0.1, -0.05) is 6.92 Å². The molecular weight excluding hydrogens is 284 g/mol. The van der Waals surface area contributed by atoms with Crippen molar-refractivity contribution in [1.82, 2.24) is 9.97 Å². The molecule has 0 spiro atoms. The maximum absolute atomic E-state index is 5.74. The van der Waals surface area contributed by atoms with Crippen molar-refractivity contribution in [2.75, 3.05) is 12.0 Å². The molecule has 0 fully saturated rings. The van der Waals surface area contributed by atoms with Gasteiger partial charge in [-0.15, -0.1) is 11.3 Å². The Morgan fingerprint density at radius 3 is 2.81 bits per heavy atom. The summed E-state index contributed by atoms with van der Waals surface area (Å²) in [7, 11) is 0. The summed E-state index contributed by atoms with van der Waals surface area (Å²) in [5, 5.41) is 1.12. The molecule has 3 N–H and O–H groups in total. The minimum Gasteiger partial charge on any atom is -0.371 e. The summed E-state index contributed by atoms with van der Waals surface area (Å²) in [4.78, 5) is 11.9. The van der Waals surface area contributed by atoms with Crippen molar-refractivity contribution >= 4 is 27.4 Å². The lowest BCUT2D eigenvalue weighted by atomic mass is 9.97. The lowest BCUT2D eigenvalue weighted by Crippen LogP contribution is -2.14.